The Morgan fingerprint density at radius 1 is 1.23 bits per heavy atom. The first-order valence-electron chi connectivity index (χ1n) is 4.70. The third kappa shape index (κ3) is 2.08. The van der Waals surface area contributed by atoms with Gasteiger partial charge >= 0.3 is 0 Å². The van der Waals surface area contributed by atoms with E-state index in [-0.39, 0.29) is 29.4 Å². The molecule has 0 aromatic rings. The highest BCUT2D eigenvalue weighted by Crippen LogP contribution is 2.41. The van der Waals surface area contributed by atoms with Crippen LogP contribution < -0.4 is 0 Å². The van der Waals surface area contributed by atoms with E-state index in [1.54, 1.807) is 19.0 Å². The molecular formula is C10H17NO2. The van der Waals surface area contributed by atoms with Crippen molar-refractivity contribution in [2.75, 3.05) is 14.1 Å². The summed E-state index contributed by atoms with van der Waals surface area (Å²) in [7, 11) is 3.47. The number of rotatable bonds is 3. The van der Waals surface area contributed by atoms with E-state index in [4.69, 9.17) is 0 Å². The molecule has 0 bridgehead atoms. The molecule has 2 atom stereocenters. The van der Waals surface area contributed by atoms with Crippen LogP contribution in [0.5, 0.6) is 0 Å². The van der Waals surface area contributed by atoms with Gasteiger partial charge in [-0.2, -0.15) is 0 Å². The van der Waals surface area contributed by atoms with Crippen molar-refractivity contribution < 1.29 is 9.59 Å². The van der Waals surface area contributed by atoms with Gasteiger partial charge in [0.15, 0.2) is 0 Å². The molecule has 1 amide bonds. The van der Waals surface area contributed by atoms with Gasteiger partial charge in [0.25, 0.3) is 0 Å². The topological polar surface area (TPSA) is 37.4 Å². The van der Waals surface area contributed by atoms with E-state index in [1.807, 2.05) is 13.8 Å². The summed E-state index contributed by atoms with van der Waals surface area (Å²) >= 11 is 0. The minimum atomic E-state index is -0.0232. The summed E-state index contributed by atoms with van der Waals surface area (Å²) in [5, 5.41) is 0. The largest absolute Gasteiger partial charge is 0.349 e. The third-order valence-electron chi connectivity index (χ3n) is 2.48. The Hall–Kier alpha value is -0.860. The Morgan fingerprint density at radius 2 is 1.77 bits per heavy atom. The highest BCUT2D eigenvalue weighted by atomic mass is 16.2. The summed E-state index contributed by atoms with van der Waals surface area (Å²) in [6.45, 7) is 3.77. The molecule has 1 saturated carbocycles. The third-order valence-corrected chi connectivity index (χ3v) is 2.48. The van der Waals surface area contributed by atoms with Gasteiger partial charge in [-0.3, -0.25) is 9.59 Å². The zero-order valence-corrected chi connectivity index (χ0v) is 8.70. The monoisotopic (exact) mass is 183 g/mol. The van der Waals surface area contributed by atoms with Crippen molar-refractivity contribution in [3.8, 4) is 0 Å². The van der Waals surface area contributed by atoms with E-state index in [1.165, 1.54) is 0 Å². The maximum absolute atomic E-state index is 11.5. The number of nitrogens with zero attached hydrogens (tertiary/aromatic N) is 1. The highest BCUT2D eigenvalue weighted by Gasteiger charge is 2.48. The van der Waals surface area contributed by atoms with Gasteiger partial charge < -0.3 is 4.90 Å². The van der Waals surface area contributed by atoms with Gasteiger partial charge in [-0.05, 0) is 6.42 Å². The molecule has 13 heavy (non-hydrogen) atoms. The second-order valence-corrected chi connectivity index (χ2v) is 4.24. The molecule has 74 valence electrons. The smallest absolute Gasteiger partial charge is 0.225 e. The minimum absolute atomic E-state index is 0.00917. The van der Waals surface area contributed by atoms with Crippen LogP contribution in [0.1, 0.15) is 20.3 Å². The van der Waals surface area contributed by atoms with Gasteiger partial charge in [-0.1, -0.05) is 13.8 Å². The number of amides is 1. The first-order valence-corrected chi connectivity index (χ1v) is 4.70. The second-order valence-electron chi connectivity index (χ2n) is 4.24. The van der Waals surface area contributed by atoms with Crippen molar-refractivity contribution in [1.29, 1.82) is 0 Å². The molecule has 0 N–H and O–H groups in total. The Balaban J connectivity index is 2.47. The lowest BCUT2D eigenvalue weighted by atomic mass is 10.0. The van der Waals surface area contributed by atoms with Crippen LogP contribution in [0.15, 0.2) is 0 Å². The van der Waals surface area contributed by atoms with E-state index in [0.29, 0.717) is 0 Å². The standard InChI is InChI=1S/C10H17NO2/c1-6(2)9(12)7-5-8(7)10(13)11(3)4/h6-8H,5H2,1-4H3/t7-,8+/m0/s1. The molecule has 1 aliphatic rings. The van der Waals surface area contributed by atoms with Crippen molar-refractivity contribution >= 4 is 11.7 Å². The molecule has 0 aromatic heterocycles. The molecule has 0 saturated heterocycles. The average Bonchev–Trinajstić information content (AvgIpc) is 2.80. The summed E-state index contributed by atoms with van der Waals surface area (Å²) in [4.78, 5) is 24.5. The van der Waals surface area contributed by atoms with Crippen LogP contribution in [0.3, 0.4) is 0 Å². The Labute approximate surface area is 79.1 Å². The van der Waals surface area contributed by atoms with Gasteiger partial charge in [0.05, 0.1) is 0 Å². The van der Waals surface area contributed by atoms with Gasteiger partial charge in [0, 0.05) is 31.8 Å². The fourth-order valence-corrected chi connectivity index (χ4v) is 1.54. The fourth-order valence-electron chi connectivity index (χ4n) is 1.54. The maximum Gasteiger partial charge on any atom is 0.225 e. The maximum atomic E-state index is 11.5. The lowest BCUT2D eigenvalue weighted by Crippen LogP contribution is -2.25. The highest BCUT2D eigenvalue weighted by molar-refractivity contribution is 5.94. The number of carbonyl (C=O) groups is 2. The van der Waals surface area contributed by atoms with Gasteiger partial charge in [0.2, 0.25) is 5.91 Å². The van der Waals surface area contributed by atoms with Crippen LogP contribution in [-0.2, 0) is 9.59 Å². The zero-order chi connectivity index (χ0) is 10.2. The number of hydrogen-bond donors (Lipinski definition) is 0. The zero-order valence-electron chi connectivity index (χ0n) is 8.70. The van der Waals surface area contributed by atoms with E-state index < -0.39 is 0 Å². The fraction of sp³-hybridized carbons (Fsp3) is 0.800. The van der Waals surface area contributed by atoms with E-state index in [9.17, 15) is 9.59 Å². The van der Waals surface area contributed by atoms with Crippen LogP contribution in [0, 0.1) is 17.8 Å². The van der Waals surface area contributed by atoms with Crippen LogP contribution >= 0.6 is 0 Å². The van der Waals surface area contributed by atoms with E-state index in [0.717, 1.165) is 6.42 Å². The molecule has 1 fully saturated rings. The minimum Gasteiger partial charge on any atom is -0.349 e. The van der Waals surface area contributed by atoms with E-state index in [2.05, 4.69) is 0 Å². The molecule has 1 aliphatic carbocycles. The summed E-state index contributed by atoms with van der Waals surface area (Å²) < 4.78 is 0. The molecule has 0 heterocycles. The number of carbonyl (C=O) groups excluding carboxylic acids is 2. The molecule has 1 rings (SSSR count). The van der Waals surface area contributed by atoms with Crippen LogP contribution in [0.25, 0.3) is 0 Å². The van der Waals surface area contributed by atoms with Crippen molar-refractivity contribution in [1.82, 2.24) is 4.90 Å². The lowest BCUT2D eigenvalue weighted by molar-refractivity contribution is -0.132. The predicted molar refractivity (Wildman–Crippen MR) is 50.1 cm³/mol. The average molecular weight is 183 g/mol. The Kier molecular flexibility index (Phi) is 2.74. The van der Waals surface area contributed by atoms with Crippen molar-refractivity contribution in [3.05, 3.63) is 0 Å². The van der Waals surface area contributed by atoms with Gasteiger partial charge in [0.1, 0.15) is 5.78 Å². The van der Waals surface area contributed by atoms with Crippen LogP contribution in [0.4, 0.5) is 0 Å². The van der Waals surface area contributed by atoms with Gasteiger partial charge in [-0.15, -0.1) is 0 Å². The first-order chi connectivity index (χ1) is 5.95. The lowest BCUT2D eigenvalue weighted by Gasteiger charge is -2.09. The quantitative estimate of drug-likeness (QED) is 0.653. The number of ketones is 1. The predicted octanol–water partition coefficient (Wildman–Crippen LogP) is 0.936. The summed E-state index contributed by atoms with van der Waals surface area (Å²) in [5.74, 6) is 0.379. The Morgan fingerprint density at radius 3 is 2.15 bits per heavy atom. The SMILES string of the molecule is CC(C)C(=O)[C@H]1C[C@H]1C(=O)N(C)C. The van der Waals surface area contributed by atoms with Crippen molar-refractivity contribution in [2.24, 2.45) is 17.8 Å². The summed E-state index contributed by atoms with van der Waals surface area (Å²) in [6, 6.07) is 0. The molecule has 3 heteroatoms. The van der Waals surface area contributed by atoms with Gasteiger partial charge in [-0.25, -0.2) is 0 Å². The Bertz CT molecular complexity index is 209. The first kappa shape index (κ1) is 10.2. The van der Waals surface area contributed by atoms with E-state index >= 15 is 0 Å². The summed E-state index contributed by atoms with van der Waals surface area (Å²) in [5.41, 5.74) is 0. The normalized spacial score (nSPS) is 25.9. The van der Waals surface area contributed by atoms with Crippen LogP contribution in [0.2, 0.25) is 0 Å². The second kappa shape index (κ2) is 3.48. The molecule has 3 nitrogen and oxygen atoms in total. The molecule has 0 radical (unpaired) electrons. The molecule has 0 spiro atoms. The van der Waals surface area contributed by atoms with Crippen molar-refractivity contribution in [2.45, 2.75) is 20.3 Å². The summed E-state index contributed by atoms with van der Waals surface area (Å²) in [6.07, 6.45) is 0.758. The number of hydrogen-bond acceptors (Lipinski definition) is 2. The molecular weight excluding hydrogens is 166 g/mol. The molecule has 0 aliphatic heterocycles. The molecule has 0 aromatic carbocycles. The van der Waals surface area contributed by atoms with Crippen molar-refractivity contribution in [3.63, 3.8) is 0 Å². The number of Topliss-reactive ketones (excluding diaryl/α,β-unsaturated/α-hetero) is 1. The molecule has 0 unspecified atom stereocenters. The van der Waals surface area contributed by atoms with Crippen LogP contribution in [-0.4, -0.2) is 30.7 Å².